The first kappa shape index (κ1) is 16.2. The Labute approximate surface area is 120 Å². The van der Waals surface area contributed by atoms with E-state index in [0.717, 1.165) is 30.2 Å². The summed E-state index contributed by atoms with van der Waals surface area (Å²) in [5, 5.41) is 6.50. The first-order valence-corrected chi connectivity index (χ1v) is 6.99. The Hall–Kier alpha value is -1.85. The largest absolute Gasteiger partial charge is 0.469 e. The third-order valence-electron chi connectivity index (χ3n) is 2.85. The van der Waals surface area contributed by atoms with Gasteiger partial charge < -0.3 is 15.4 Å². The molecule has 0 spiro atoms. The summed E-state index contributed by atoms with van der Waals surface area (Å²) in [4.78, 5) is 19.7. The molecule has 0 aliphatic rings. The van der Waals surface area contributed by atoms with Gasteiger partial charge in [0.25, 0.3) is 0 Å². The molecule has 0 fully saturated rings. The standard InChI is InChI=1S/C14H24N4O2/c1-5-7-15-13-12(10(2)3)14(18-9-17-13)16-8-6-11(19)20-4/h9-10H,5-8H2,1-4H3,(H2,15,16,17,18). The lowest BCUT2D eigenvalue weighted by atomic mass is 10.0. The number of methoxy groups -OCH3 is 1. The highest BCUT2D eigenvalue weighted by molar-refractivity contribution is 5.70. The highest BCUT2D eigenvalue weighted by Crippen LogP contribution is 2.28. The number of carbonyl (C=O) groups is 1. The van der Waals surface area contributed by atoms with Gasteiger partial charge in [-0.2, -0.15) is 0 Å². The van der Waals surface area contributed by atoms with Gasteiger partial charge in [-0.05, 0) is 12.3 Å². The third kappa shape index (κ3) is 4.68. The molecule has 0 saturated heterocycles. The third-order valence-corrected chi connectivity index (χ3v) is 2.85. The fourth-order valence-electron chi connectivity index (χ4n) is 1.85. The number of esters is 1. The van der Waals surface area contributed by atoms with Gasteiger partial charge in [0.15, 0.2) is 0 Å². The van der Waals surface area contributed by atoms with E-state index in [0.29, 0.717) is 13.0 Å². The van der Waals surface area contributed by atoms with Crippen LogP contribution in [0.25, 0.3) is 0 Å². The lowest BCUT2D eigenvalue weighted by Crippen LogP contribution is -2.14. The van der Waals surface area contributed by atoms with Gasteiger partial charge in [-0.3, -0.25) is 4.79 Å². The Morgan fingerprint density at radius 2 is 1.85 bits per heavy atom. The van der Waals surface area contributed by atoms with Gasteiger partial charge in [0.05, 0.1) is 13.5 Å². The Kier molecular flexibility index (Phi) is 6.76. The van der Waals surface area contributed by atoms with Gasteiger partial charge in [0, 0.05) is 18.7 Å². The summed E-state index contributed by atoms with van der Waals surface area (Å²) in [5.41, 5.74) is 1.05. The summed E-state index contributed by atoms with van der Waals surface area (Å²) in [6.07, 6.45) is 2.88. The molecule has 0 amide bonds. The van der Waals surface area contributed by atoms with E-state index in [1.54, 1.807) is 0 Å². The highest BCUT2D eigenvalue weighted by atomic mass is 16.5. The van der Waals surface area contributed by atoms with Gasteiger partial charge in [0.1, 0.15) is 18.0 Å². The van der Waals surface area contributed by atoms with Crippen LogP contribution >= 0.6 is 0 Å². The summed E-state index contributed by atoms with van der Waals surface area (Å²) < 4.78 is 4.62. The predicted octanol–water partition coefficient (Wildman–Crippen LogP) is 2.40. The van der Waals surface area contributed by atoms with Gasteiger partial charge in [-0.25, -0.2) is 9.97 Å². The molecule has 1 aromatic rings. The molecule has 0 saturated carbocycles. The van der Waals surface area contributed by atoms with E-state index in [9.17, 15) is 4.79 Å². The van der Waals surface area contributed by atoms with Crippen LogP contribution in [-0.4, -0.2) is 36.1 Å². The van der Waals surface area contributed by atoms with Crippen LogP contribution in [0.3, 0.4) is 0 Å². The molecule has 1 aromatic heterocycles. The molecule has 0 unspecified atom stereocenters. The van der Waals surface area contributed by atoms with Crippen molar-refractivity contribution in [2.24, 2.45) is 0 Å². The molecule has 0 bridgehead atoms. The molecular weight excluding hydrogens is 256 g/mol. The average molecular weight is 280 g/mol. The number of ether oxygens (including phenoxy) is 1. The lowest BCUT2D eigenvalue weighted by Gasteiger charge is -2.17. The van der Waals surface area contributed by atoms with Crippen molar-refractivity contribution in [2.45, 2.75) is 39.5 Å². The number of rotatable bonds is 8. The van der Waals surface area contributed by atoms with Crippen LogP contribution in [0.4, 0.5) is 11.6 Å². The van der Waals surface area contributed by atoms with Crippen molar-refractivity contribution in [1.82, 2.24) is 9.97 Å². The normalized spacial score (nSPS) is 10.4. The van der Waals surface area contributed by atoms with Crippen LogP contribution in [0.15, 0.2) is 6.33 Å². The molecule has 2 N–H and O–H groups in total. The molecule has 0 aromatic carbocycles. The van der Waals surface area contributed by atoms with Crippen molar-refractivity contribution in [3.05, 3.63) is 11.9 Å². The molecule has 6 nitrogen and oxygen atoms in total. The van der Waals surface area contributed by atoms with Gasteiger partial charge in [-0.15, -0.1) is 0 Å². The second kappa shape index (κ2) is 8.35. The smallest absolute Gasteiger partial charge is 0.307 e. The maximum atomic E-state index is 11.1. The summed E-state index contributed by atoms with van der Waals surface area (Å²) >= 11 is 0. The Balaban J connectivity index is 2.80. The zero-order chi connectivity index (χ0) is 15.0. The second-order valence-electron chi connectivity index (χ2n) is 4.82. The van der Waals surface area contributed by atoms with Crippen molar-refractivity contribution in [1.29, 1.82) is 0 Å². The molecule has 0 aliphatic carbocycles. The minimum Gasteiger partial charge on any atom is -0.469 e. The lowest BCUT2D eigenvalue weighted by molar-refractivity contribution is -0.140. The molecular formula is C14H24N4O2. The monoisotopic (exact) mass is 280 g/mol. The van der Waals surface area contributed by atoms with E-state index in [1.807, 2.05) is 0 Å². The van der Waals surface area contributed by atoms with Crippen molar-refractivity contribution in [3.63, 3.8) is 0 Å². The van der Waals surface area contributed by atoms with E-state index >= 15 is 0 Å². The van der Waals surface area contributed by atoms with Crippen LogP contribution in [-0.2, 0) is 9.53 Å². The van der Waals surface area contributed by atoms with Crippen molar-refractivity contribution in [3.8, 4) is 0 Å². The summed E-state index contributed by atoms with van der Waals surface area (Å²) in [6, 6.07) is 0. The number of carbonyl (C=O) groups excluding carboxylic acids is 1. The molecule has 0 radical (unpaired) electrons. The van der Waals surface area contributed by atoms with E-state index < -0.39 is 0 Å². The van der Waals surface area contributed by atoms with Crippen LogP contribution in [0.1, 0.15) is 45.1 Å². The van der Waals surface area contributed by atoms with Crippen molar-refractivity contribution in [2.75, 3.05) is 30.8 Å². The maximum Gasteiger partial charge on any atom is 0.307 e. The number of aromatic nitrogens is 2. The average Bonchev–Trinajstić information content (AvgIpc) is 2.44. The molecule has 1 rings (SSSR count). The van der Waals surface area contributed by atoms with E-state index in [-0.39, 0.29) is 11.9 Å². The molecule has 1 heterocycles. The Bertz CT molecular complexity index is 435. The number of hydrogen-bond acceptors (Lipinski definition) is 6. The quantitative estimate of drug-likeness (QED) is 0.712. The second-order valence-corrected chi connectivity index (χ2v) is 4.82. The number of nitrogens with one attached hydrogen (secondary N) is 2. The van der Waals surface area contributed by atoms with Crippen molar-refractivity contribution >= 4 is 17.6 Å². The Morgan fingerprint density at radius 1 is 1.25 bits per heavy atom. The number of anilines is 2. The minimum atomic E-state index is -0.234. The van der Waals surface area contributed by atoms with Gasteiger partial charge in [-0.1, -0.05) is 20.8 Å². The topological polar surface area (TPSA) is 76.1 Å². The minimum absolute atomic E-state index is 0.234. The van der Waals surface area contributed by atoms with Gasteiger partial charge in [0.2, 0.25) is 0 Å². The van der Waals surface area contributed by atoms with Crippen LogP contribution in [0, 0.1) is 0 Å². The Morgan fingerprint density at radius 3 is 2.35 bits per heavy atom. The van der Waals surface area contributed by atoms with Crippen LogP contribution in [0.5, 0.6) is 0 Å². The number of nitrogens with zero attached hydrogens (tertiary/aromatic N) is 2. The molecule has 6 heteroatoms. The summed E-state index contributed by atoms with van der Waals surface area (Å²) in [6.45, 7) is 7.68. The summed E-state index contributed by atoms with van der Waals surface area (Å²) in [5.74, 6) is 1.69. The molecule has 0 atom stereocenters. The molecule has 0 aliphatic heterocycles. The highest BCUT2D eigenvalue weighted by Gasteiger charge is 2.14. The van der Waals surface area contributed by atoms with Gasteiger partial charge >= 0.3 is 5.97 Å². The molecule has 20 heavy (non-hydrogen) atoms. The van der Waals surface area contributed by atoms with Crippen molar-refractivity contribution < 1.29 is 9.53 Å². The maximum absolute atomic E-state index is 11.1. The fraction of sp³-hybridized carbons (Fsp3) is 0.643. The zero-order valence-corrected chi connectivity index (χ0v) is 12.7. The fourth-order valence-corrected chi connectivity index (χ4v) is 1.85. The van der Waals surface area contributed by atoms with Crippen LogP contribution in [0.2, 0.25) is 0 Å². The van der Waals surface area contributed by atoms with E-state index in [2.05, 4.69) is 46.1 Å². The first-order chi connectivity index (χ1) is 9.60. The molecule has 112 valence electrons. The SMILES string of the molecule is CCCNc1ncnc(NCCC(=O)OC)c1C(C)C. The van der Waals surface area contributed by atoms with E-state index in [4.69, 9.17) is 0 Å². The number of hydrogen-bond donors (Lipinski definition) is 2. The van der Waals surface area contributed by atoms with E-state index in [1.165, 1.54) is 13.4 Å². The summed E-state index contributed by atoms with van der Waals surface area (Å²) in [7, 11) is 1.39. The van der Waals surface area contributed by atoms with Crippen LogP contribution < -0.4 is 10.6 Å². The predicted molar refractivity (Wildman–Crippen MR) is 80.0 cm³/mol. The first-order valence-electron chi connectivity index (χ1n) is 6.99. The zero-order valence-electron chi connectivity index (χ0n) is 12.7.